The van der Waals surface area contributed by atoms with Crippen LogP contribution < -0.4 is 21.5 Å². The summed E-state index contributed by atoms with van der Waals surface area (Å²) >= 11 is 6.35. The van der Waals surface area contributed by atoms with Gasteiger partial charge < -0.3 is 31.2 Å². The predicted octanol–water partition coefficient (Wildman–Crippen LogP) is 6.51. The summed E-state index contributed by atoms with van der Waals surface area (Å²) in [6.07, 6.45) is 3.28. The van der Waals surface area contributed by atoms with Gasteiger partial charge in [-0.1, -0.05) is 58.7 Å². The number of nitrogens with zero attached hydrogens (tertiary/aromatic N) is 1. The van der Waals surface area contributed by atoms with E-state index in [0.717, 1.165) is 24.8 Å². The molecule has 0 spiro atoms. The van der Waals surface area contributed by atoms with Gasteiger partial charge in [0, 0.05) is 37.4 Å². The van der Waals surface area contributed by atoms with E-state index in [9.17, 15) is 9.59 Å². The topological polar surface area (TPSA) is 120 Å². The Kier molecular flexibility index (Phi) is 12.4. The Hall–Kier alpha value is -2.97. The van der Waals surface area contributed by atoms with Gasteiger partial charge in [0.05, 0.1) is 11.6 Å². The Balaban J connectivity index is 1.66. The number of nitrogens with two attached hydrogens (primary N) is 2. The lowest BCUT2D eigenvalue weighted by atomic mass is 9.75. The highest BCUT2D eigenvalue weighted by atomic mass is 35.5. The van der Waals surface area contributed by atoms with Gasteiger partial charge in [0.15, 0.2) is 0 Å². The van der Waals surface area contributed by atoms with E-state index in [0.29, 0.717) is 79.0 Å². The van der Waals surface area contributed by atoms with E-state index < -0.39 is 5.41 Å². The van der Waals surface area contributed by atoms with Crippen molar-refractivity contribution in [2.24, 2.45) is 28.9 Å². The van der Waals surface area contributed by atoms with Gasteiger partial charge in [-0.15, -0.1) is 0 Å². The first-order valence-corrected chi connectivity index (χ1v) is 15.5. The van der Waals surface area contributed by atoms with Crippen LogP contribution in [0.1, 0.15) is 76.2 Å². The number of ether oxygens (including phenoxy) is 2. The van der Waals surface area contributed by atoms with Crippen molar-refractivity contribution in [1.82, 2.24) is 10.2 Å². The van der Waals surface area contributed by atoms with Crippen LogP contribution in [0.3, 0.4) is 0 Å². The lowest BCUT2D eigenvalue weighted by Crippen LogP contribution is -2.47. The Morgan fingerprint density at radius 2 is 1.86 bits per heavy atom. The average molecular weight is 601 g/mol. The third kappa shape index (κ3) is 10.1. The zero-order valence-corrected chi connectivity index (χ0v) is 26.6. The number of nitrogens with one attached hydrogen (secondary N) is 1. The van der Waals surface area contributed by atoms with Crippen LogP contribution in [0, 0.1) is 23.2 Å². The molecule has 9 heteroatoms. The highest BCUT2D eigenvalue weighted by Gasteiger charge is 2.35. The van der Waals surface area contributed by atoms with Crippen LogP contribution in [0.5, 0.6) is 5.75 Å². The maximum absolute atomic E-state index is 13.7. The molecule has 0 aromatic heterocycles. The first-order valence-electron chi connectivity index (χ1n) is 15.1. The molecule has 42 heavy (non-hydrogen) atoms. The minimum Gasteiger partial charge on any atom is -0.492 e. The van der Waals surface area contributed by atoms with Gasteiger partial charge in [-0.25, -0.2) is 4.79 Å². The SMILES string of the molecule is CC1CCC(C(C)C)C(OC(=O)N(CCCOc2ccc(CN)cc2Cl)CC(C)(C)CNC(=O)c2ccc(N)cc2)C1. The van der Waals surface area contributed by atoms with E-state index in [2.05, 4.69) is 26.1 Å². The molecule has 2 aromatic rings. The third-order valence-corrected chi connectivity index (χ3v) is 8.35. The van der Waals surface area contributed by atoms with Crippen molar-refractivity contribution in [2.75, 3.05) is 32.0 Å². The van der Waals surface area contributed by atoms with Crippen molar-refractivity contribution in [2.45, 2.75) is 73.0 Å². The zero-order chi connectivity index (χ0) is 30.9. The summed E-state index contributed by atoms with van der Waals surface area (Å²) in [6, 6.07) is 12.3. The van der Waals surface area contributed by atoms with Gasteiger partial charge >= 0.3 is 6.09 Å². The summed E-state index contributed by atoms with van der Waals surface area (Å²) in [5, 5.41) is 3.52. The van der Waals surface area contributed by atoms with E-state index in [4.69, 9.17) is 32.5 Å². The molecule has 8 nitrogen and oxygen atoms in total. The Morgan fingerprint density at radius 1 is 1.14 bits per heavy atom. The normalized spacial score (nSPS) is 18.9. The average Bonchev–Trinajstić information content (AvgIpc) is 2.94. The molecule has 1 aliphatic carbocycles. The van der Waals surface area contributed by atoms with Gasteiger partial charge in [0.2, 0.25) is 0 Å². The molecule has 5 N–H and O–H groups in total. The molecule has 0 aliphatic heterocycles. The van der Waals surface area contributed by atoms with Crippen LogP contribution in [0.25, 0.3) is 0 Å². The monoisotopic (exact) mass is 600 g/mol. The predicted molar refractivity (Wildman–Crippen MR) is 170 cm³/mol. The number of carbonyl (C=O) groups is 2. The summed E-state index contributed by atoms with van der Waals surface area (Å²) in [5.74, 6) is 1.72. The second-order valence-electron chi connectivity index (χ2n) is 12.8. The fourth-order valence-corrected chi connectivity index (χ4v) is 5.80. The van der Waals surface area contributed by atoms with E-state index in [-0.39, 0.29) is 18.1 Å². The number of benzene rings is 2. The third-order valence-electron chi connectivity index (χ3n) is 8.05. The number of nitrogen functional groups attached to an aromatic ring is 1. The molecule has 3 unspecified atom stereocenters. The van der Waals surface area contributed by atoms with Crippen molar-refractivity contribution < 1.29 is 19.1 Å². The minimum atomic E-state index is -0.415. The van der Waals surface area contributed by atoms with Gasteiger partial charge in [-0.3, -0.25) is 4.79 Å². The first-order chi connectivity index (χ1) is 19.9. The quantitative estimate of drug-likeness (QED) is 0.178. The van der Waals surface area contributed by atoms with Crippen molar-refractivity contribution in [3.63, 3.8) is 0 Å². The molecule has 0 heterocycles. The highest BCUT2D eigenvalue weighted by Crippen LogP contribution is 2.36. The molecule has 0 bridgehead atoms. The van der Waals surface area contributed by atoms with Gasteiger partial charge in [-0.05, 0) is 84.4 Å². The van der Waals surface area contributed by atoms with Gasteiger partial charge in [0.25, 0.3) is 5.91 Å². The standard InChI is InChI=1S/C33H49ClN4O4/c1-22(2)27-13-7-23(3)17-30(27)42-32(40)38(15-6-16-41-29-14-8-24(19-35)18-28(29)34)21-33(4,5)20-37-31(39)25-9-11-26(36)12-10-25/h8-12,14,18,22-23,27,30H,6-7,13,15-17,19-21,35-36H2,1-5H3,(H,37,39). The number of carbonyl (C=O) groups excluding carboxylic acids is 2. The number of hydrogen-bond donors (Lipinski definition) is 3. The van der Waals surface area contributed by atoms with E-state index in [1.807, 2.05) is 26.0 Å². The van der Waals surface area contributed by atoms with Crippen LogP contribution in [0.4, 0.5) is 10.5 Å². The van der Waals surface area contributed by atoms with Gasteiger partial charge in [0.1, 0.15) is 11.9 Å². The van der Waals surface area contributed by atoms with Crippen molar-refractivity contribution >= 4 is 29.3 Å². The smallest absolute Gasteiger partial charge is 0.410 e. The molecule has 232 valence electrons. The molecule has 0 saturated heterocycles. The molecule has 1 fully saturated rings. The Labute approximate surface area is 256 Å². The van der Waals surface area contributed by atoms with Crippen molar-refractivity contribution in [3.05, 3.63) is 58.6 Å². The molecule has 1 saturated carbocycles. The maximum Gasteiger partial charge on any atom is 0.410 e. The number of amides is 2. The second kappa shape index (κ2) is 15.5. The van der Waals surface area contributed by atoms with E-state index in [1.165, 1.54) is 0 Å². The molecule has 2 aromatic carbocycles. The summed E-state index contributed by atoms with van der Waals surface area (Å²) in [5.41, 5.74) is 13.1. The minimum absolute atomic E-state index is 0.104. The second-order valence-corrected chi connectivity index (χ2v) is 13.2. The summed E-state index contributed by atoms with van der Waals surface area (Å²) < 4.78 is 12.2. The summed E-state index contributed by atoms with van der Waals surface area (Å²) in [7, 11) is 0. The van der Waals surface area contributed by atoms with Crippen molar-refractivity contribution in [3.8, 4) is 5.75 Å². The first kappa shape index (κ1) is 33.5. The molecular formula is C33H49ClN4O4. The molecular weight excluding hydrogens is 552 g/mol. The lowest BCUT2D eigenvalue weighted by Gasteiger charge is -2.39. The van der Waals surface area contributed by atoms with E-state index >= 15 is 0 Å². The van der Waals surface area contributed by atoms with Crippen LogP contribution in [-0.2, 0) is 11.3 Å². The largest absolute Gasteiger partial charge is 0.492 e. The Morgan fingerprint density at radius 3 is 2.50 bits per heavy atom. The van der Waals surface area contributed by atoms with Gasteiger partial charge in [-0.2, -0.15) is 0 Å². The highest BCUT2D eigenvalue weighted by molar-refractivity contribution is 6.32. The number of anilines is 1. The zero-order valence-electron chi connectivity index (χ0n) is 25.8. The number of halogens is 1. The number of hydrogen-bond acceptors (Lipinski definition) is 6. The maximum atomic E-state index is 13.7. The summed E-state index contributed by atoms with van der Waals surface area (Å²) in [4.78, 5) is 28.2. The molecule has 3 rings (SSSR count). The van der Waals surface area contributed by atoms with E-state index in [1.54, 1.807) is 35.2 Å². The molecule has 2 amide bonds. The molecule has 3 atom stereocenters. The Bertz CT molecular complexity index is 1170. The molecule has 1 aliphatic rings. The fraction of sp³-hybridized carbons (Fsp3) is 0.576. The summed E-state index contributed by atoms with van der Waals surface area (Å²) in [6.45, 7) is 12.7. The van der Waals surface area contributed by atoms with Crippen LogP contribution in [0.15, 0.2) is 42.5 Å². The van der Waals surface area contributed by atoms with Crippen molar-refractivity contribution in [1.29, 1.82) is 0 Å². The van der Waals surface area contributed by atoms with Crippen LogP contribution in [-0.4, -0.2) is 49.2 Å². The van der Waals surface area contributed by atoms with Crippen LogP contribution >= 0.6 is 11.6 Å². The lowest BCUT2D eigenvalue weighted by molar-refractivity contribution is -0.0145. The number of rotatable bonds is 13. The van der Waals surface area contributed by atoms with Crippen LogP contribution in [0.2, 0.25) is 5.02 Å². The fourth-order valence-electron chi connectivity index (χ4n) is 5.54. The molecule has 0 radical (unpaired) electrons.